The Balaban J connectivity index is 1.95. The molecule has 2 nitrogen and oxygen atoms in total. The summed E-state index contributed by atoms with van der Waals surface area (Å²) in [6.07, 6.45) is 4.00. The minimum Gasteiger partial charge on any atom is -0.314 e. The third kappa shape index (κ3) is 1.66. The van der Waals surface area contributed by atoms with E-state index in [0.29, 0.717) is 0 Å². The van der Waals surface area contributed by atoms with Crippen LogP contribution in [0, 0.1) is 0 Å². The second kappa shape index (κ2) is 4.58. The highest BCUT2D eigenvalue weighted by molar-refractivity contribution is 6.18. The fraction of sp³-hybridized carbons (Fsp3) is 0. The number of benzene rings is 3. The van der Waals surface area contributed by atoms with E-state index >= 15 is 0 Å². The molecular weight excluding hydrogens is 304 g/mol. The van der Waals surface area contributed by atoms with Gasteiger partial charge in [0, 0.05) is 23.2 Å². The molecule has 3 heterocycles. The van der Waals surface area contributed by atoms with Gasteiger partial charge < -0.3 is 4.40 Å². The molecule has 6 aromatic rings. The van der Waals surface area contributed by atoms with Crippen molar-refractivity contribution in [2.75, 3.05) is 0 Å². The van der Waals surface area contributed by atoms with Crippen LogP contribution in [0.15, 0.2) is 85.2 Å². The molecule has 0 unspecified atom stereocenters. The molecule has 3 aromatic carbocycles. The van der Waals surface area contributed by atoms with Crippen LogP contribution in [-0.2, 0) is 0 Å². The smallest absolute Gasteiger partial charge is 0.0948 e. The van der Waals surface area contributed by atoms with Crippen molar-refractivity contribution in [2.24, 2.45) is 0 Å². The first kappa shape index (κ1) is 13.0. The molecule has 0 N–H and O–H groups in total. The summed E-state index contributed by atoms with van der Waals surface area (Å²) >= 11 is 0. The Kier molecular flexibility index (Phi) is 2.37. The van der Waals surface area contributed by atoms with Gasteiger partial charge in [0.15, 0.2) is 0 Å². The van der Waals surface area contributed by atoms with Gasteiger partial charge >= 0.3 is 0 Å². The second-order valence-corrected chi connectivity index (χ2v) is 6.54. The van der Waals surface area contributed by atoms with Crippen molar-refractivity contribution in [2.45, 2.75) is 0 Å². The summed E-state index contributed by atoms with van der Waals surface area (Å²) in [7, 11) is 0. The zero-order valence-corrected chi connectivity index (χ0v) is 13.5. The highest BCUT2D eigenvalue weighted by Gasteiger charge is 2.11. The van der Waals surface area contributed by atoms with Crippen molar-refractivity contribution < 1.29 is 0 Å². The SMILES string of the molecule is c1ccc2c(c1)ccc1cc3c4cccnc4c4cccn4c3cc12. The third-order valence-electron chi connectivity index (χ3n) is 5.21. The van der Waals surface area contributed by atoms with E-state index in [1.54, 1.807) is 0 Å². The highest BCUT2D eigenvalue weighted by Crippen LogP contribution is 2.34. The van der Waals surface area contributed by atoms with Crippen LogP contribution in [0.4, 0.5) is 0 Å². The van der Waals surface area contributed by atoms with Gasteiger partial charge in [-0.3, -0.25) is 4.98 Å². The fourth-order valence-corrected chi connectivity index (χ4v) is 4.07. The molecule has 6 rings (SSSR count). The molecule has 0 radical (unpaired) electrons. The van der Waals surface area contributed by atoms with Gasteiger partial charge in [-0.15, -0.1) is 0 Å². The Hall–Kier alpha value is -3.39. The molecule has 116 valence electrons. The van der Waals surface area contributed by atoms with E-state index in [4.69, 9.17) is 0 Å². The zero-order chi connectivity index (χ0) is 16.4. The molecule has 0 aliphatic heterocycles. The quantitative estimate of drug-likeness (QED) is 0.250. The van der Waals surface area contributed by atoms with Crippen LogP contribution in [0.1, 0.15) is 0 Å². The Bertz CT molecular complexity index is 1440. The molecule has 2 heteroatoms. The van der Waals surface area contributed by atoms with E-state index in [2.05, 4.69) is 82.3 Å². The zero-order valence-electron chi connectivity index (χ0n) is 13.5. The summed E-state index contributed by atoms with van der Waals surface area (Å²) in [6.45, 7) is 0. The molecule has 3 aromatic heterocycles. The van der Waals surface area contributed by atoms with E-state index in [9.17, 15) is 0 Å². The molecule has 0 fully saturated rings. The largest absolute Gasteiger partial charge is 0.314 e. The summed E-state index contributed by atoms with van der Waals surface area (Å²) in [5.41, 5.74) is 3.44. The van der Waals surface area contributed by atoms with E-state index in [1.165, 1.54) is 37.8 Å². The number of pyridine rings is 2. The molecule has 25 heavy (non-hydrogen) atoms. The van der Waals surface area contributed by atoms with Crippen molar-refractivity contribution in [3.05, 3.63) is 85.2 Å². The fourth-order valence-electron chi connectivity index (χ4n) is 4.07. The van der Waals surface area contributed by atoms with Gasteiger partial charge in [0.1, 0.15) is 0 Å². The summed E-state index contributed by atoms with van der Waals surface area (Å²) in [5.74, 6) is 0. The van der Waals surface area contributed by atoms with E-state index in [1.807, 2.05) is 12.3 Å². The van der Waals surface area contributed by atoms with Gasteiger partial charge in [0.2, 0.25) is 0 Å². The number of rotatable bonds is 0. The minimum atomic E-state index is 1.06. The molecule has 0 saturated heterocycles. The molecule has 0 saturated carbocycles. The Morgan fingerprint density at radius 2 is 1.48 bits per heavy atom. The number of aromatic nitrogens is 2. The summed E-state index contributed by atoms with van der Waals surface area (Å²) < 4.78 is 2.26. The van der Waals surface area contributed by atoms with Crippen molar-refractivity contribution in [3.63, 3.8) is 0 Å². The van der Waals surface area contributed by atoms with Crippen molar-refractivity contribution in [3.8, 4) is 0 Å². The summed E-state index contributed by atoms with van der Waals surface area (Å²) in [5, 5.41) is 7.59. The first-order chi connectivity index (χ1) is 12.4. The maximum atomic E-state index is 4.64. The van der Waals surface area contributed by atoms with Crippen LogP contribution < -0.4 is 0 Å². The number of nitrogens with zero attached hydrogens (tertiary/aromatic N) is 2. The lowest BCUT2D eigenvalue weighted by atomic mass is 9.98. The first-order valence-electron chi connectivity index (χ1n) is 8.49. The summed E-state index contributed by atoms with van der Waals surface area (Å²) in [6, 6.07) is 26.1. The van der Waals surface area contributed by atoms with Crippen LogP contribution >= 0.6 is 0 Å². The average Bonchev–Trinajstić information content (AvgIpc) is 3.17. The van der Waals surface area contributed by atoms with E-state index < -0.39 is 0 Å². The molecule has 0 spiro atoms. The standard InChI is InChI=1S/C23H14N2/c1-2-6-17-15(5-1)9-10-16-13-20-18-7-3-11-24-23(18)21-8-4-12-25(21)22(20)14-19(16)17/h1-14H. The average molecular weight is 318 g/mol. The van der Waals surface area contributed by atoms with Gasteiger partial charge in [-0.1, -0.05) is 42.5 Å². The molecule has 0 aliphatic carbocycles. The monoisotopic (exact) mass is 318 g/mol. The lowest BCUT2D eigenvalue weighted by Gasteiger charge is -2.11. The van der Waals surface area contributed by atoms with Crippen molar-refractivity contribution >= 4 is 48.9 Å². The lowest BCUT2D eigenvalue weighted by molar-refractivity contribution is 1.27. The van der Waals surface area contributed by atoms with E-state index in [-0.39, 0.29) is 0 Å². The topological polar surface area (TPSA) is 17.3 Å². The predicted octanol–water partition coefficient (Wildman–Crippen LogP) is 5.95. The van der Waals surface area contributed by atoms with Crippen LogP contribution in [-0.4, -0.2) is 9.38 Å². The third-order valence-corrected chi connectivity index (χ3v) is 5.21. The molecule has 0 aliphatic rings. The molecular formula is C23H14N2. The van der Waals surface area contributed by atoms with Crippen molar-refractivity contribution in [1.82, 2.24) is 9.38 Å². The number of fused-ring (bicyclic) bond motifs is 9. The highest BCUT2D eigenvalue weighted by atomic mass is 14.9. The maximum Gasteiger partial charge on any atom is 0.0948 e. The van der Waals surface area contributed by atoms with Gasteiger partial charge in [-0.05, 0) is 51.9 Å². The summed E-state index contributed by atoms with van der Waals surface area (Å²) in [4.78, 5) is 4.64. The first-order valence-corrected chi connectivity index (χ1v) is 8.49. The minimum absolute atomic E-state index is 1.06. The van der Waals surface area contributed by atoms with Gasteiger partial charge in [0.05, 0.1) is 16.6 Å². The lowest BCUT2D eigenvalue weighted by Crippen LogP contribution is -1.91. The van der Waals surface area contributed by atoms with Crippen LogP contribution in [0.5, 0.6) is 0 Å². The van der Waals surface area contributed by atoms with Gasteiger partial charge in [0.25, 0.3) is 0 Å². The molecule has 0 amide bonds. The maximum absolute atomic E-state index is 4.64. The van der Waals surface area contributed by atoms with Gasteiger partial charge in [-0.25, -0.2) is 0 Å². The normalized spacial score (nSPS) is 12.0. The molecule has 0 atom stereocenters. The Labute approximate surface area is 143 Å². The number of hydrogen-bond acceptors (Lipinski definition) is 1. The van der Waals surface area contributed by atoms with Crippen LogP contribution in [0.2, 0.25) is 0 Å². The molecule has 0 bridgehead atoms. The predicted molar refractivity (Wildman–Crippen MR) is 105 cm³/mol. The van der Waals surface area contributed by atoms with Crippen LogP contribution in [0.25, 0.3) is 48.9 Å². The van der Waals surface area contributed by atoms with Gasteiger partial charge in [-0.2, -0.15) is 0 Å². The number of hydrogen-bond donors (Lipinski definition) is 0. The van der Waals surface area contributed by atoms with Crippen molar-refractivity contribution in [1.29, 1.82) is 0 Å². The van der Waals surface area contributed by atoms with Crippen LogP contribution in [0.3, 0.4) is 0 Å². The Morgan fingerprint density at radius 3 is 2.48 bits per heavy atom. The second-order valence-electron chi connectivity index (χ2n) is 6.54. The van der Waals surface area contributed by atoms with E-state index in [0.717, 1.165) is 11.0 Å². The Morgan fingerprint density at radius 1 is 0.600 bits per heavy atom.